The molecule has 0 heterocycles. The van der Waals surface area contributed by atoms with Crippen LogP contribution in [0.5, 0.6) is 0 Å². The summed E-state index contributed by atoms with van der Waals surface area (Å²) in [6.07, 6.45) is 14.3. The van der Waals surface area contributed by atoms with E-state index in [-0.39, 0.29) is 10.8 Å². The molecule has 4 aliphatic carbocycles. The van der Waals surface area contributed by atoms with Gasteiger partial charge in [0.05, 0.1) is 12.2 Å². The molecule has 6 unspecified atom stereocenters. The van der Waals surface area contributed by atoms with Gasteiger partial charge in [-0.2, -0.15) is 0 Å². The number of hydrogen-bond acceptors (Lipinski definition) is 2. The molecule has 2 heteroatoms. The Hall–Kier alpha value is -0.600. The zero-order chi connectivity index (χ0) is 12.4. The van der Waals surface area contributed by atoms with Gasteiger partial charge in [-0.15, -0.1) is 0 Å². The molecule has 6 atom stereocenters. The Balaban J connectivity index is 1.60. The summed E-state index contributed by atoms with van der Waals surface area (Å²) in [5.74, 6) is 1.31. The predicted octanol–water partition coefficient (Wildman–Crippen LogP) is 2.42. The van der Waals surface area contributed by atoms with E-state index in [9.17, 15) is 10.2 Å². The fraction of sp³-hybridized carbons (Fsp3) is 0.750. The molecule has 0 spiro atoms. The van der Waals surface area contributed by atoms with Gasteiger partial charge < -0.3 is 10.2 Å². The lowest BCUT2D eigenvalue weighted by Crippen LogP contribution is -2.47. The van der Waals surface area contributed by atoms with Gasteiger partial charge in [-0.3, -0.25) is 0 Å². The molecule has 0 radical (unpaired) electrons. The molecule has 2 saturated carbocycles. The zero-order valence-corrected chi connectivity index (χ0v) is 10.8. The third kappa shape index (κ3) is 1.31. The SMILES string of the molecule is OC(C(O)C12C=CC(CC1)C2)C12C=CC(CC1)C2. The summed E-state index contributed by atoms with van der Waals surface area (Å²) in [5, 5.41) is 21.5. The number of hydrogen-bond donors (Lipinski definition) is 2. The number of aliphatic hydroxyl groups excluding tert-OH is 2. The quantitative estimate of drug-likeness (QED) is 0.751. The summed E-state index contributed by atoms with van der Waals surface area (Å²) in [6.45, 7) is 0. The summed E-state index contributed by atoms with van der Waals surface area (Å²) in [7, 11) is 0. The molecule has 0 saturated heterocycles. The van der Waals surface area contributed by atoms with E-state index in [0.29, 0.717) is 11.8 Å². The minimum atomic E-state index is -0.581. The Bertz CT molecular complexity index is 387. The van der Waals surface area contributed by atoms with E-state index in [2.05, 4.69) is 24.3 Å². The van der Waals surface area contributed by atoms with E-state index in [0.717, 1.165) is 25.7 Å². The third-order valence-corrected chi connectivity index (χ3v) is 6.12. The van der Waals surface area contributed by atoms with E-state index in [4.69, 9.17) is 0 Å². The number of aliphatic hydroxyl groups is 2. The van der Waals surface area contributed by atoms with Crippen molar-refractivity contribution in [3.63, 3.8) is 0 Å². The molecule has 2 nitrogen and oxygen atoms in total. The van der Waals surface area contributed by atoms with Gasteiger partial charge in [-0.25, -0.2) is 0 Å². The fourth-order valence-corrected chi connectivity index (χ4v) is 4.94. The first kappa shape index (κ1) is 11.2. The summed E-state index contributed by atoms with van der Waals surface area (Å²) in [4.78, 5) is 0. The largest absolute Gasteiger partial charge is 0.389 e. The highest BCUT2D eigenvalue weighted by molar-refractivity contribution is 5.24. The summed E-state index contributed by atoms with van der Waals surface area (Å²) < 4.78 is 0. The molecule has 4 bridgehead atoms. The van der Waals surface area contributed by atoms with E-state index in [1.54, 1.807) is 0 Å². The lowest BCUT2D eigenvalue weighted by molar-refractivity contribution is -0.0886. The maximum atomic E-state index is 10.7. The van der Waals surface area contributed by atoms with Gasteiger partial charge in [0.2, 0.25) is 0 Å². The van der Waals surface area contributed by atoms with Crippen LogP contribution in [0.2, 0.25) is 0 Å². The zero-order valence-electron chi connectivity index (χ0n) is 10.8. The van der Waals surface area contributed by atoms with Crippen molar-refractivity contribution >= 4 is 0 Å². The van der Waals surface area contributed by atoms with Crippen LogP contribution < -0.4 is 0 Å². The van der Waals surface area contributed by atoms with Gasteiger partial charge in [0.25, 0.3) is 0 Å². The normalized spacial score (nSPS) is 51.2. The Labute approximate surface area is 108 Å². The molecule has 18 heavy (non-hydrogen) atoms. The van der Waals surface area contributed by atoms with Crippen molar-refractivity contribution in [3.05, 3.63) is 24.3 Å². The van der Waals surface area contributed by atoms with Crippen molar-refractivity contribution < 1.29 is 10.2 Å². The minimum Gasteiger partial charge on any atom is -0.389 e. The van der Waals surface area contributed by atoms with Crippen molar-refractivity contribution in [2.75, 3.05) is 0 Å². The number of fused-ring (bicyclic) bond motifs is 4. The average molecular weight is 246 g/mol. The van der Waals surface area contributed by atoms with Crippen molar-refractivity contribution in [3.8, 4) is 0 Å². The second-order valence-corrected chi connectivity index (χ2v) is 7.08. The van der Waals surface area contributed by atoms with Crippen molar-refractivity contribution in [2.24, 2.45) is 22.7 Å². The molecule has 0 aromatic rings. The second kappa shape index (κ2) is 3.49. The molecule has 0 aliphatic heterocycles. The molecule has 0 aromatic carbocycles. The molecule has 0 amide bonds. The number of allylic oxidation sites excluding steroid dienone is 2. The first-order chi connectivity index (χ1) is 8.64. The van der Waals surface area contributed by atoms with E-state index in [1.807, 2.05) is 0 Å². The fourth-order valence-electron chi connectivity index (χ4n) is 4.94. The molecular weight excluding hydrogens is 224 g/mol. The topological polar surface area (TPSA) is 40.5 Å². The molecule has 4 rings (SSSR count). The summed E-state index contributed by atoms with van der Waals surface area (Å²) in [5.41, 5.74) is -0.235. The van der Waals surface area contributed by atoms with Gasteiger partial charge in [-0.05, 0) is 50.4 Å². The van der Waals surface area contributed by atoms with E-state index in [1.165, 1.54) is 12.8 Å². The Morgan fingerprint density at radius 3 is 1.50 bits per heavy atom. The first-order valence-corrected chi connectivity index (χ1v) is 7.38. The lowest BCUT2D eigenvalue weighted by Gasteiger charge is -2.40. The highest BCUT2D eigenvalue weighted by Crippen LogP contribution is 2.57. The van der Waals surface area contributed by atoms with Crippen LogP contribution in [-0.2, 0) is 0 Å². The molecule has 2 fully saturated rings. The molecule has 2 N–H and O–H groups in total. The van der Waals surface area contributed by atoms with Crippen LogP contribution in [0.25, 0.3) is 0 Å². The van der Waals surface area contributed by atoms with Crippen molar-refractivity contribution in [1.29, 1.82) is 0 Å². The van der Waals surface area contributed by atoms with Crippen molar-refractivity contribution in [1.82, 2.24) is 0 Å². The van der Waals surface area contributed by atoms with Crippen LogP contribution in [0.4, 0.5) is 0 Å². The maximum Gasteiger partial charge on any atom is 0.0898 e. The van der Waals surface area contributed by atoms with Crippen LogP contribution in [0.1, 0.15) is 38.5 Å². The van der Waals surface area contributed by atoms with Crippen molar-refractivity contribution in [2.45, 2.75) is 50.7 Å². The summed E-state index contributed by atoms with van der Waals surface area (Å²) in [6, 6.07) is 0. The highest BCUT2D eigenvalue weighted by atomic mass is 16.3. The van der Waals surface area contributed by atoms with Crippen LogP contribution in [0, 0.1) is 22.7 Å². The smallest absolute Gasteiger partial charge is 0.0898 e. The lowest BCUT2D eigenvalue weighted by atomic mass is 9.70. The standard InChI is InChI=1S/C16H22O2/c17-13(15-5-1-11(9-15)2-6-15)14(18)16-7-3-12(10-16)4-8-16/h1,3,5,7,11-14,17-18H,2,4,6,8-10H2. The van der Waals surface area contributed by atoms with Gasteiger partial charge >= 0.3 is 0 Å². The Morgan fingerprint density at radius 2 is 1.28 bits per heavy atom. The average Bonchev–Trinajstić information content (AvgIpc) is 3.16. The Kier molecular flexibility index (Phi) is 2.18. The van der Waals surface area contributed by atoms with E-state index < -0.39 is 12.2 Å². The Morgan fingerprint density at radius 1 is 0.833 bits per heavy atom. The maximum absolute atomic E-state index is 10.7. The molecule has 98 valence electrons. The molecule has 4 aliphatic rings. The van der Waals surface area contributed by atoms with E-state index >= 15 is 0 Å². The third-order valence-electron chi connectivity index (χ3n) is 6.12. The van der Waals surface area contributed by atoms with Gasteiger partial charge in [0.1, 0.15) is 0 Å². The number of rotatable bonds is 3. The van der Waals surface area contributed by atoms with Crippen LogP contribution in [0.15, 0.2) is 24.3 Å². The van der Waals surface area contributed by atoms with Gasteiger partial charge in [-0.1, -0.05) is 24.3 Å². The van der Waals surface area contributed by atoms with Crippen LogP contribution >= 0.6 is 0 Å². The first-order valence-electron chi connectivity index (χ1n) is 7.38. The molecule has 0 aromatic heterocycles. The molecular formula is C16H22O2. The monoisotopic (exact) mass is 246 g/mol. The second-order valence-electron chi connectivity index (χ2n) is 7.08. The highest BCUT2D eigenvalue weighted by Gasteiger charge is 2.55. The van der Waals surface area contributed by atoms with Gasteiger partial charge in [0.15, 0.2) is 0 Å². The van der Waals surface area contributed by atoms with Gasteiger partial charge in [0, 0.05) is 10.8 Å². The van der Waals surface area contributed by atoms with Crippen LogP contribution in [-0.4, -0.2) is 22.4 Å². The minimum absolute atomic E-state index is 0.118. The van der Waals surface area contributed by atoms with Crippen LogP contribution in [0.3, 0.4) is 0 Å². The predicted molar refractivity (Wildman–Crippen MR) is 69.8 cm³/mol. The summed E-state index contributed by atoms with van der Waals surface area (Å²) >= 11 is 0.